The summed E-state index contributed by atoms with van der Waals surface area (Å²) in [7, 11) is 0. The van der Waals surface area contributed by atoms with Crippen LogP contribution in [0.25, 0.3) is 0 Å². The number of nitrogens with two attached hydrogens (primary N) is 1. The topological polar surface area (TPSA) is 55.1 Å². The normalized spacial score (nSPS) is 12.2. The molecule has 0 heterocycles. The van der Waals surface area contributed by atoms with E-state index in [0.717, 1.165) is 18.4 Å². The Hall–Kier alpha value is -1.42. The van der Waals surface area contributed by atoms with Gasteiger partial charge in [-0.3, -0.25) is 4.79 Å². The largest absolute Gasteiger partial charge is 0.348 e. The minimum absolute atomic E-state index is 0.0742. The zero-order valence-electron chi connectivity index (χ0n) is 10.3. The fourth-order valence-corrected chi connectivity index (χ4v) is 1.66. The number of benzene rings is 1. The van der Waals surface area contributed by atoms with E-state index in [1.165, 1.54) is 12.1 Å². The molecule has 1 aromatic carbocycles. The van der Waals surface area contributed by atoms with E-state index < -0.39 is 11.7 Å². The molecule has 0 fully saturated rings. The van der Waals surface area contributed by atoms with Gasteiger partial charge in [0.05, 0.1) is 5.56 Å². The molecule has 17 heavy (non-hydrogen) atoms. The molecule has 3 N–H and O–H groups in total. The van der Waals surface area contributed by atoms with Crippen LogP contribution in [0.3, 0.4) is 0 Å². The highest BCUT2D eigenvalue weighted by molar-refractivity contribution is 5.94. The molecule has 4 heteroatoms. The van der Waals surface area contributed by atoms with E-state index >= 15 is 0 Å². The van der Waals surface area contributed by atoms with E-state index in [-0.39, 0.29) is 11.6 Å². The predicted molar refractivity (Wildman–Crippen MR) is 66.4 cm³/mol. The van der Waals surface area contributed by atoms with Gasteiger partial charge in [0, 0.05) is 12.6 Å². The molecule has 1 rings (SSSR count). The van der Waals surface area contributed by atoms with E-state index in [4.69, 9.17) is 5.73 Å². The molecular formula is C13H19FN2O. The van der Waals surface area contributed by atoms with E-state index in [9.17, 15) is 9.18 Å². The summed E-state index contributed by atoms with van der Waals surface area (Å²) in [5.41, 5.74) is 6.41. The SMILES string of the molecule is CCCC(CN)NC(=O)c1ccc(C)cc1F. The Morgan fingerprint density at radius 3 is 2.76 bits per heavy atom. The first-order valence-corrected chi connectivity index (χ1v) is 5.85. The monoisotopic (exact) mass is 238 g/mol. The van der Waals surface area contributed by atoms with Gasteiger partial charge in [0.1, 0.15) is 5.82 Å². The lowest BCUT2D eigenvalue weighted by atomic mass is 10.1. The number of nitrogens with one attached hydrogen (secondary N) is 1. The average Bonchev–Trinajstić information content (AvgIpc) is 2.28. The van der Waals surface area contributed by atoms with Crippen LogP contribution in [0.4, 0.5) is 4.39 Å². The maximum Gasteiger partial charge on any atom is 0.254 e. The predicted octanol–water partition coefficient (Wildman–Crippen LogP) is 1.99. The summed E-state index contributed by atoms with van der Waals surface area (Å²) >= 11 is 0. The molecule has 0 saturated carbocycles. The van der Waals surface area contributed by atoms with Crippen molar-refractivity contribution in [1.82, 2.24) is 5.32 Å². The standard InChI is InChI=1S/C13H19FN2O/c1-3-4-10(8-15)16-13(17)11-6-5-9(2)7-12(11)14/h5-7,10H,3-4,8,15H2,1-2H3,(H,16,17). The number of hydrogen-bond acceptors (Lipinski definition) is 2. The summed E-state index contributed by atoms with van der Waals surface area (Å²) < 4.78 is 13.5. The van der Waals surface area contributed by atoms with Crippen LogP contribution in [-0.2, 0) is 0 Å². The van der Waals surface area contributed by atoms with Gasteiger partial charge >= 0.3 is 0 Å². The molecule has 0 radical (unpaired) electrons. The maximum absolute atomic E-state index is 13.5. The van der Waals surface area contributed by atoms with Gasteiger partial charge in [-0.1, -0.05) is 19.4 Å². The van der Waals surface area contributed by atoms with Crippen LogP contribution < -0.4 is 11.1 Å². The third-order valence-electron chi connectivity index (χ3n) is 2.63. The first-order chi connectivity index (χ1) is 8.08. The average molecular weight is 238 g/mol. The molecule has 0 aliphatic heterocycles. The van der Waals surface area contributed by atoms with Crippen LogP contribution in [-0.4, -0.2) is 18.5 Å². The van der Waals surface area contributed by atoms with Gasteiger partial charge in [0.25, 0.3) is 5.91 Å². The lowest BCUT2D eigenvalue weighted by Crippen LogP contribution is -2.40. The summed E-state index contributed by atoms with van der Waals surface area (Å²) in [5, 5.41) is 2.74. The Morgan fingerprint density at radius 1 is 1.53 bits per heavy atom. The zero-order valence-corrected chi connectivity index (χ0v) is 10.3. The van der Waals surface area contributed by atoms with Crippen LogP contribution in [0, 0.1) is 12.7 Å². The highest BCUT2D eigenvalue weighted by Crippen LogP contribution is 2.10. The van der Waals surface area contributed by atoms with E-state index in [0.29, 0.717) is 6.54 Å². The molecule has 94 valence electrons. The molecular weight excluding hydrogens is 219 g/mol. The Kier molecular flexibility index (Phi) is 5.10. The van der Waals surface area contributed by atoms with Gasteiger partial charge < -0.3 is 11.1 Å². The molecule has 0 spiro atoms. The Balaban J connectivity index is 2.75. The Morgan fingerprint density at radius 2 is 2.24 bits per heavy atom. The van der Waals surface area contributed by atoms with Crippen LogP contribution in [0.1, 0.15) is 35.7 Å². The lowest BCUT2D eigenvalue weighted by molar-refractivity contribution is 0.0932. The molecule has 0 bridgehead atoms. The van der Waals surface area contributed by atoms with Gasteiger partial charge in [0.2, 0.25) is 0 Å². The number of amides is 1. The maximum atomic E-state index is 13.5. The van der Waals surface area contributed by atoms with Crippen LogP contribution in [0.2, 0.25) is 0 Å². The van der Waals surface area contributed by atoms with Crippen molar-refractivity contribution in [3.8, 4) is 0 Å². The van der Waals surface area contributed by atoms with Crippen molar-refractivity contribution in [2.75, 3.05) is 6.54 Å². The van der Waals surface area contributed by atoms with Crippen molar-refractivity contribution >= 4 is 5.91 Å². The molecule has 1 aromatic rings. The number of aryl methyl sites for hydroxylation is 1. The number of rotatable bonds is 5. The molecule has 0 aliphatic carbocycles. The number of hydrogen-bond donors (Lipinski definition) is 2. The van der Waals surface area contributed by atoms with E-state index in [1.807, 2.05) is 6.92 Å². The summed E-state index contributed by atoms with van der Waals surface area (Å²) in [4.78, 5) is 11.8. The number of carbonyl (C=O) groups is 1. The molecule has 1 amide bonds. The van der Waals surface area contributed by atoms with Gasteiger partial charge in [-0.25, -0.2) is 4.39 Å². The second-order valence-electron chi connectivity index (χ2n) is 4.18. The van der Waals surface area contributed by atoms with Crippen molar-refractivity contribution in [1.29, 1.82) is 0 Å². The smallest absolute Gasteiger partial charge is 0.254 e. The minimum Gasteiger partial charge on any atom is -0.348 e. The quantitative estimate of drug-likeness (QED) is 0.824. The van der Waals surface area contributed by atoms with Crippen molar-refractivity contribution in [2.24, 2.45) is 5.73 Å². The fraction of sp³-hybridized carbons (Fsp3) is 0.462. The Bertz CT molecular complexity index is 393. The summed E-state index contributed by atoms with van der Waals surface area (Å²) in [6.45, 7) is 4.17. The second kappa shape index (κ2) is 6.35. The van der Waals surface area contributed by atoms with Gasteiger partial charge in [-0.2, -0.15) is 0 Å². The van der Waals surface area contributed by atoms with Gasteiger partial charge in [0.15, 0.2) is 0 Å². The first-order valence-electron chi connectivity index (χ1n) is 5.85. The highest BCUT2D eigenvalue weighted by atomic mass is 19.1. The van der Waals surface area contributed by atoms with E-state index in [1.54, 1.807) is 13.0 Å². The molecule has 0 saturated heterocycles. The fourth-order valence-electron chi connectivity index (χ4n) is 1.66. The highest BCUT2D eigenvalue weighted by Gasteiger charge is 2.15. The third-order valence-corrected chi connectivity index (χ3v) is 2.63. The zero-order chi connectivity index (χ0) is 12.8. The summed E-state index contributed by atoms with van der Waals surface area (Å²) in [6, 6.07) is 4.48. The number of halogens is 1. The molecule has 3 nitrogen and oxygen atoms in total. The third kappa shape index (κ3) is 3.82. The number of carbonyl (C=O) groups excluding carboxylic acids is 1. The van der Waals surface area contributed by atoms with Crippen LogP contribution >= 0.6 is 0 Å². The second-order valence-corrected chi connectivity index (χ2v) is 4.18. The lowest BCUT2D eigenvalue weighted by Gasteiger charge is -2.16. The van der Waals surface area contributed by atoms with Crippen LogP contribution in [0.5, 0.6) is 0 Å². The summed E-state index contributed by atoms with van der Waals surface area (Å²) in [5.74, 6) is -0.888. The van der Waals surface area contributed by atoms with Gasteiger partial charge in [-0.05, 0) is 31.0 Å². The van der Waals surface area contributed by atoms with Crippen molar-refractivity contribution in [3.63, 3.8) is 0 Å². The van der Waals surface area contributed by atoms with Crippen molar-refractivity contribution in [2.45, 2.75) is 32.7 Å². The van der Waals surface area contributed by atoms with Crippen LogP contribution in [0.15, 0.2) is 18.2 Å². The minimum atomic E-state index is -0.491. The Labute approximate surface area is 101 Å². The van der Waals surface area contributed by atoms with Crippen molar-refractivity contribution < 1.29 is 9.18 Å². The molecule has 1 atom stereocenters. The molecule has 0 aromatic heterocycles. The van der Waals surface area contributed by atoms with E-state index in [2.05, 4.69) is 5.32 Å². The molecule has 0 aliphatic rings. The summed E-state index contributed by atoms with van der Waals surface area (Å²) in [6.07, 6.45) is 1.73. The first kappa shape index (κ1) is 13.6. The molecule has 1 unspecified atom stereocenters. The van der Waals surface area contributed by atoms with Gasteiger partial charge in [-0.15, -0.1) is 0 Å². The van der Waals surface area contributed by atoms with Crippen molar-refractivity contribution in [3.05, 3.63) is 35.1 Å².